The molecule has 0 atom stereocenters. The SMILES string of the molecule is Nc1cnc(NCCSCCCO)cn1. The van der Waals surface area contributed by atoms with E-state index in [0.29, 0.717) is 5.82 Å². The number of nitrogens with two attached hydrogens (primary N) is 1. The number of aliphatic hydroxyl groups excluding tert-OH is 1. The lowest BCUT2D eigenvalue weighted by atomic mass is 10.5. The zero-order chi connectivity index (χ0) is 10.9. The molecule has 1 aromatic heterocycles. The Morgan fingerprint density at radius 1 is 1.33 bits per heavy atom. The Balaban J connectivity index is 2.07. The van der Waals surface area contributed by atoms with Crippen LogP contribution in [0.4, 0.5) is 11.6 Å². The first-order chi connectivity index (χ1) is 7.33. The van der Waals surface area contributed by atoms with Gasteiger partial charge in [0.2, 0.25) is 0 Å². The molecule has 1 aromatic rings. The minimum atomic E-state index is 0.268. The van der Waals surface area contributed by atoms with E-state index in [-0.39, 0.29) is 6.61 Å². The molecule has 0 fully saturated rings. The van der Waals surface area contributed by atoms with Crippen LogP contribution >= 0.6 is 11.8 Å². The van der Waals surface area contributed by atoms with Crippen molar-refractivity contribution < 1.29 is 5.11 Å². The predicted octanol–water partition coefficient (Wildman–Crippen LogP) is 0.586. The van der Waals surface area contributed by atoms with Crippen LogP contribution in [0.5, 0.6) is 0 Å². The van der Waals surface area contributed by atoms with Gasteiger partial charge in [-0.1, -0.05) is 0 Å². The summed E-state index contributed by atoms with van der Waals surface area (Å²) in [5.74, 6) is 3.15. The van der Waals surface area contributed by atoms with E-state index < -0.39 is 0 Å². The number of nitrogen functional groups attached to an aromatic ring is 1. The standard InChI is InChI=1S/C9H16N4OS/c10-8-6-13-9(7-12-8)11-2-5-15-4-1-3-14/h6-7,14H,1-5H2,(H2,10,12)(H,11,13). The Morgan fingerprint density at radius 2 is 2.20 bits per heavy atom. The fourth-order valence-corrected chi connectivity index (χ4v) is 1.73. The van der Waals surface area contributed by atoms with Gasteiger partial charge in [0, 0.05) is 18.9 Å². The average molecular weight is 228 g/mol. The molecule has 0 saturated heterocycles. The zero-order valence-corrected chi connectivity index (χ0v) is 9.33. The van der Waals surface area contributed by atoms with Crippen LogP contribution in [0.1, 0.15) is 6.42 Å². The number of aromatic nitrogens is 2. The summed E-state index contributed by atoms with van der Waals surface area (Å²) >= 11 is 1.80. The van der Waals surface area contributed by atoms with Crippen molar-refractivity contribution in [3.63, 3.8) is 0 Å². The van der Waals surface area contributed by atoms with Gasteiger partial charge in [-0.05, 0) is 12.2 Å². The molecule has 0 aliphatic heterocycles. The van der Waals surface area contributed by atoms with E-state index in [0.717, 1.165) is 30.3 Å². The predicted molar refractivity (Wildman–Crippen MR) is 64.0 cm³/mol. The van der Waals surface area contributed by atoms with Crippen LogP contribution in [0.15, 0.2) is 12.4 Å². The van der Waals surface area contributed by atoms with Gasteiger partial charge in [-0.2, -0.15) is 11.8 Å². The Morgan fingerprint density at radius 3 is 2.87 bits per heavy atom. The first-order valence-electron chi connectivity index (χ1n) is 4.83. The van der Waals surface area contributed by atoms with Crippen molar-refractivity contribution in [3.8, 4) is 0 Å². The average Bonchev–Trinajstić information content (AvgIpc) is 2.26. The number of rotatable bonds is 7. The third-order valence-corrected chi connectivity index (χ3v) is 2.74. The molecule has 0 amide bonds. The molecule has 0 aliphatic carbocycles. The molecular weight excluding hydrogens is 212 g/mol. The molecule has 5 nitrogen and oxygen atoms in total. The fourth-order valence-electron chi connectivity index (χ4n) is 0.949. The number of hydrogen-bond donors (Lipinski definition) is 3. The Labute approximate surface area is 93.5 Å². The maximum atomic E-state index is 8.57. The molecule has 0 bridgehead atoms. The highest BCUT2D eigenvalue weighted by Crippen LogP contribution is 2.04. The lowest BCUT2D eigenvalue weighted by molar-refractivity contribution is 0.296. The van der Waals surface area contributed by atoms with Crippen molar-refractivity contribution in [3.05, 3.63) is 12.4 Å². The van der Waals surface area contributed by atoms with Gasteiger partial charge < -0.3 is 16.2 Å². The second-order valence-electron chi connectivity index (χ2n) is 2.94. The topological polar surface area (TPSA) is 84.1 Å². The fraction of sp³-hybridized carbons (Fsp3) is 0.556. The number of nitrogens with one attached hydrogen (secondary N) is 1. The molecule has 0 spiro atoms. The van der Waals surface area contributed by atoms with Crippen LogP contribution in [0, 0.1) is 0 Å². The summed E-state index contributed by atoms with van der Waals surface area (Å²) in [6.45, 7) is 1.11. The number of thioether (sulfide) groups is 1. The second-order valence-corrected chi connectivity index (χ2v) is 4.17. The highest BCUT2D eigenvalue weighted by atomic mass is 32.2. The minimum Gasteiger partial charge on any atom is -0.396 e. The van der Waals surface area contributed by atoms with Crippen LogP contribution in [0.25, 0.3) is 0 Å². The number of aliphatic hydroxyl groups is 1. The smallest absolute Gasteiger partial charge is 0.144 e. The molecule has 0 saturated carbocycles. The van der Waals surface area contributed by atoms with E-state index in [1.807, 2.05) is 0 Å². The van der Waals surface area contributed by atoms with E-state index in [2.05, 4.69) is 15.3 Å². The Hall–Kier alpha value is -1.01. The van der Waals surface area contributed by atoms with E-state index in [1.54, 1.807) is 18.0 Å². The minimum absolute atomic E-state index is 0.268. The van der Waals surface area contributed by atoms with Crippen molar-refractivity contribution >= 4 is 23.4 Å². The summed E-state index contributed by atoms with van der Waals surface area (Å²) in [5.41, 5.74) is 5.41. The van der Waals surface area contributed by atoms with Crippen LogP contribution in [-0.4, -0.2) is 39.7 Å². The summed E-state index contributed by atoms with van der Waals surface area (Å²) in [7, 11) is 0. The van der Waals surface area contributed by atoms with Gasteiger partial charge in [0.1, 0.15) is 11.6 Å². The molecule has 4 N–H and O–H groups in total. The summed E-state index contributed by atoms with van der Waals surface area (Å²) in [4.78, 5) is 7.98. The van der Waals surface area contributed by atoms with Gasteiger partial charge in [0.05, 0.1) is 12.4 Å². The molecule has 1 heterocycles. The van der Waals surface area contributed by atoms with E-state index in [1.165, 1.54) is 6.20 Å². The van der Waals surface area contributed by atoms with Gasteiger partial charge in [-0.25, -0.2) is 9.97 Å². The van der Waals surface area contributed by atoms with Gasteiger partial charge in [-0.15, -0.1) is 0 Å². The maximum Gasteiger partial charge on any atom is 0.144 e. The van der Waals surface area contributed by atoms with Crippen molar-refractivity contribution in [1.29, 1.82) is 0 Å². The monoisotopic (exact) mass is 228 g/mol. The van der Waals surface area contributed by atoms with E-state index >= 15 is 0 Å². The van der Waals surface area contributed by atoms with Crippen LogP contribution in [0.3, 0.4) is 0 Å². The first kappa shape index (κ1) is 12.1. The molecule has 0 radical (unpaired) electrons. The summed E-state index contributed by atoms with van der Waals surface area (Å²) in [6.07, 6.45) is 4.00. The molecule has 1 rings (SSSR count). The lowest BCUT2D eigenvalue weighted by Crippen LogP contribution is -2.07. The molecule has 15 heavy (non-hydrogen) atoms. The zero-order valence-electron chi connectivity index (χ0n) is 8.52. The number of hydrogen-bond acceptors (Lipinski definition) is 6. The Kier molecular flexibility index (Phi) is 5.87. The highest BCUT2D eigenvalue weighted by molar-refractivity contribution is 7.99. The summed E-state index contributed by atoms with van der Waals surface area (Å²) in [5, 5.41) is 11.7. The third kappa shape index (κ3) is 5.44. The van der Waals surface area contributed by atoms with Gasteiger partial charge in [0.25, 0.3) is 0 Å². The third-order valence-electron chi connectivity index (χ3n) is 1.67. The van der Waals surface area contributed by atoms with Crippen molar-refractivity contribution in [1.82, 2.24) is 9.97 Å². The summed E-state index contributed by atoms with van der Waals surface area (Å²) < 4.78 is 0. The van der Waals surface area contributed by atoms with Crippen molar-refractivity contribution in [2.75, 3.05) is 35.7 Å². The van der Waals surface area contributed by atoms with Crippen LogP contribution in [-0.2, 0) is 0 Å². The first-order valence-corrected chi connectivity index (χ1v) is 5.98. The molecular formula is C9H16N4OS. The van der Waals surface area contributed by atoms with Gasteiger partial charge in [0.15, 0.2) is 0 Å². The lowest BCUT2D eigenvalue weighted by Gasteiger charge is -2.04. The molecule has 84 valence electrons. The van der Waals surface area contributed by atoms with Gasteiger partial charge in [-0.3, -0.25) is 0 Å². The Bertz CT molecular complexity index is 267. The molecule has 6 heteroatoms. The normalized spacial score (nSPS) is 10.2. The molecule has 0 aromatic carbocycles. The summed E-state index contributed by atoms with van der Waals surface area (Å²) in [6, 6.07) is 0. The quantitative estimate of drug-likeness (QED) is 0.592. The van der Waals surface area contributed by atoms with E-state index in [4.69, 9.17) is 10.8 Å². The van der Waals surface area contributed by atoms with Gasteiger partial charge >= 0.3 is 0 Å². The van der Waals surface area contributed by atoms with Crippen LogP contribution in [0.2, 0.25) is 0 Å². The van der Waals surface area contributed by atoms with Crippen molar-refractivity contribution in [2.24, 2.45) is 0 Å². The van der Waals surface area contributed by atoms with E-state index in [9.17, 15) is 0 Å². The highest BCUT2D eigenvalue weighted by Gasteiger charge is 1.94. The number of anilines is 2. The maximum absolute atomic E-state index is 8.57. The molecule has 0 unspecified atom stereocenters. The second kappa shape index (κ2) is 7.30. The largest absolute Gasteiger partial charge is 0.396 e. The number of nitrogens with zero attached hydrogens (tertiary/aromatic N) is 2. The molecule has 0 aliphatic rings. The van der Waals surface area contributed by atoms with Crippen molar-refractivity contribution in [2.45, 2.75) is 6.42 Å². The van der Waals surface area contributed by atoms with Crippen LogP contribution < -0.4 is 11.1 Å².